The Kier molecular flexibility index (Phi) is 5.53. The Hall–Kier alpha value is -2.03. The van der Waals surface area contributed by atoms with Crippen LogP contribution < -0.4 is 5.32 Å². The van der Waals surface area contributed by atoms with Crippen molar-refractivity contribution in [1.29, 1.82) is 0 Å². The summed E-state index contributed by atoms with van der Waals surface area (Å²) < 4.78 is 42.4. The maximum Gasteiger partial charge on any atom is 0.401 e. The third-order valence-corrected chi connectivity index (χ3v) is 4.00. The molecule has 0 aliphatic carbocycles. The van der Waals surface area contributed by atoms with E-state index >= 15 is 0 Å². The molecule has 0 aromatic carbocycles. The summed E-state index contributed by atoms with van der Waals surface area (Å²) in [5, 5.41) is 2.50. The summed E-state index contributed by atoms with van der Waals surface area (Å²) in [6.45, 7) is 2.68. The minimum atomic E-state index is -4.25. The number of aryl methyl sites for hydroxylation is 1. The number of hydrogen-bond acceptors (Lipinski definition) is 4. The molecule has 0 saturated carbocycles. The Labute approximate surface area is 137 Å². The zero-order chi connectivity index (χ0) is 17.9. The summed E-state index contributed by atoms with van der Waals surface area (Å²) in [6.07, 6.45) is -2.87. The van der Waals surface area contributed by atoms with Gasteiger partial charge >= 0.3 is 6.18 Å². The minimum Gasteiger partial charge on any atom is -0.469 e. The van der Waals surface area contributed by atoms with Gasteiger partial charge in [0.05, 0.1) is 24.9 Å². The quantitative estimate of drug-likeness (QED) is 0.895. The van der Waals surface area contributed by atoms with Gasteiger partial charge in [0, 0.05) is 25.7 Å². The highest BCUT2D eigenvalue weighted by molar-refractivity contribution is 5.97. The van der Waals surface area contributed by atoms with Crippen LogP contribution in [0.3, 0.4) is 0 Å². The van der Waals surface area contributed by atoms with E-state index in [0.717, 1.165) is 0 Å². The molecule has 0 radical (unpaired) electrons. The first kappa shape index (κ1) is 18.3. The van der Waals surface area contributed by atoms with Gasteiger partial charge in [0.15, 0.2) is 0 Å². The molecule has 6 nitrogen and oxygen atoms in total. The molecule has 1 aromatic rings. The van der Waals surface area contributed by atoms with Crippen LogP contribution in [0.2, 0.25) is 0 Å². The molecule has 0 spiro atoms. The van der Waals surface area contributed by atoms with Crippen molar-refractivity contribution in [2.75, 3.05) is 32.7 Å². The number of carbonyl (C=O) groups excluding carboxylic acids is 2. The van der Waals surface area contributed by atoms with Gasteiger partial charge in [-0.05, 0) is 19.9 Å². The average Bonchev–Trinajstić information content (AvgIpc) is 2.91. The van der Waals surface area contributed by atoms with Crippen LogP contribution in [0.5, 0.6) is 0 Å². The molecule has 1 N–H and O–H groups in total. The SMILES string of the molecule is Cc1occc1C(=O)NCC(=O)N1CCN(CC(F)(F)F)C(C)C1. The molecular weight excluding hydrogens is 327 g/mol. The molecule has 1 saturated heterocycles. The molecule has 9 heteroatoms. The summed E-state index contributed by atoms with van der Waals surface area (Å²) in [5.41, 5.74) is 0.353. The number of hydrogen-bond donors (Lipinski definition) is 1. The molecule has 24 heavy (non-hydrogen) atoms. The molecule has 2 heterocycles. The fraction of sp³-hybridized carbons (Fsp3) is 0.600. The first-order valence-electron chi connectivity index (χ1n) is 7.58. The number of alkyl halides is 3. The van der Waals surface area contributed by atoms with Gasteiger partial charge in [0.1, 0.15) is 5.76 Å². The second-order valence-corrected chi connectivity index (χ2v) is 5.85. The highest BCUT2D eigenvalue weighted by atomic mass is 19.4. The molecule has 0 bridgehead atoms. The molecule has 1 aromatic heterocycles. The largest absolute Gasteiger partial charge is 0.469 e. The predicted molar refractivity (Wildman–Crippen MR) is 79.4 cm³/mol. The lowest BCUT2D eigenvalue weighted by Gasteiger charge is -2.40. The molecular formula is C15H20F3N3O3. The van der Waals surface area contributed by atoms with Crippen LogP contribution in [-0.4, -0.2) is 66.6 Å². The minimum absolute atomic E-state index is 0.154. The Morgan fingerprint density at radius 2 is 2.08 bits per heavy atom. The van der Waals surface area contributed by atoms with Gasteiger partial charge in [-0.3, -0.25) is 14.5 Å². The number of nitrogens with one attached hydrogen (secondary N) is 1. The fourth-order valence-electron chi connectivity index (χ4n) is 2.67. The van der Waals surface area contributed by atoms with Crippen LogP contribution in [0.15, 0.2) is 16.7 Å². The van der Waals surface area contributed by atoms with E-state index in [1.165, 1.54) is 22.1 Å². The van der Waals surface area contributed by atoms with E-state index in [0.29, 0.717) is 11.3 Å². The predicted octanol–water partition coefficient (Wildman–Crippen LogP) is 1.41. The first-order chi connectivity index (χ1) is 11.2. The second kappa shape index (κ2) is 7.25. The van der Waals surface area contributed by atoms with Crippen molar-refractivity contribution in [2.45, 2.75) is 26.1 Å². The average molecular weight is 347 g/mol. The number of carbonyl (C=O) groups is 2. The van der Waals surface area contributed by atoms with E-state index in [4.69, 9.17) is 4.42 Å². The van der Waals surface area contributed by atoms with Crippen molar-refractivity contribution in [2.24, 2.45) is 0 Å². The van der Waals surface area contributed by atoms with Gasteiger partial charge < -0.3 is 14.6 Å². The standard InChI is InChI=1S/C15H20F3N3O3/c1-10-8-20(4-5-21(10)9-15(16,17)18)13(22)7-19-14(23)12-3-6-24-11(12)2/h3,6,10H,4-5,7-9H2,1-2H3,(H,19,23). The fourth-order valence-corrected chi connectivity index (χ4v) is 2.67. The Bertz CT molecular complexity index is 600. The van der Waals surface area contributed by atoms with Crippen molar-refractivity contribution in [3.05, 3.63) is 23.7 Å². The maximum atomic E-state index is 12.5. The van der Waals surface area contributed by atoms with Crippen LogP contribution in [0.4, 0.5) is 13.2 Å². The summed E-state index contributed by atoms with van der Waals surface area (Å²) >= 11 is 0. The molecule has 1 unspecified atom stereocenters. The van der Waals surface area contributed by atoms with Crippen molar-refractivity contribution < 1.29 is 27.2 Å². The van der Waals surface area contributed by atoms with E-state index in [1.54, 1.807) is 13.8 Å². The number of piperazine rings is 1. The van der Waals surface area contributed by atoms with Gasteiger partial charge in [0.25, 0.3) is 5.91 Å². The van der Waals surface area contributed by atoms with Gasteiger partial charge in [0.2, 0.25) is 5.91 Å². The topological polar surface area (TPSA) is 65.8 Å². The van der Waals surface area contributed by atoms with E-state index in [9.17, 15) is 22.8 Å². The monoisotopic (exact) mass is 347 g/mol. The molecule has 1 aliphatic heterocycles. The molecule has 2 amide bonds. The third kappa shape index (κ3) is 4.73. The molecule has 1 atom stereocenters. The van der Waals surface area contributed by atoms with Gasteiger partial charge in [-0.2, -0.15) is 13.2 Å². The van der Waals surface area contributed by atoms with E-state index in [1.807, 2.05) is 0 Å². The first-order valence-corrected chi connectivity index (χ1v) is 7.58. The van der Waals surface area contributed by atoms with Crippen molar-refractivity contribution in [3.63, 3.8) is 0 Å². The third-order valence-electron chi connectivity index (χ3n) is 4.00. The van der Waals surface area contributed by atoms with Gasteiger partial charge in [-0.1, -0.05) is 0 Å². The summed E-state index contributed by atoms with van der Waals surface area (Å²) in [4.78, 5) is 26.8. The van der Waals surface area contributed by atoms with Crippen LogP contribution in [0.25, 0.3) is 0 Å². The van der Waals surface area contributed by atoms with Gasteiger partial charge in [-0.15, -0.1) is 0 Å². The van der Waals surface area contributed by atoms with Gasteiger partial charge in [-0.25, -0.2) is 0 Å². The lowest BCUT2D eigenvalue weighted by Crippen LogP contribution is -2.56. The molecule has 134 valence electrons. The summed E-state index contributed by atoms with van der Waals surface area (Å²) in [7, 11) is 0. The lowest BCUT2D eigenvalue weighted by molar-refractivity contribution is -0.157. The highest BCUT2D eigenvalue weighted by Gasteiger charge is 2.35. The number of rotatable bonds is 4. The maximum absolute atomic E-state index is 12.5. The Morgan fingerprint density at radius 3 is 2.62 bits per heavy atom. The molecule has 2 rings (SSSR count). The summed E-state index contributed by atoms with van der Waals surface area (Å²) in [6, 6.07) is 1.11. The smallest absolute Gasteiger partial charge is 0.401 e. The van der Waals surface area contributed by atoms with Crippen LogP contribution in [-0.2, 0) is 4.79 Å². The zero-order valence-corrected chi connectivity index (χ0v) is 13.5. The van der Waals surface area contributed by atoms with Crippen molar-refractivity contribution in [1.82, 2.24) is 15.1 Å². The van der Waals surface area contributed by atoms with E-state index in [2.05, 4.69) is 5.32 Å². The van der Waals surface area contributed by atoms with Crippen LogP contribution in [0.1, 0.15) is 23.0 Å². The number of furan rings is 1. The molecule has 1 fully saturated rings. The zero-order valence-electron chi connectivity index (χ0n) is 13.5. The van der Waals surface area contributed by atoms with Crippen LogP contribution in [0, 0.1) is 6.92 Å². The van der Waals surface area contributed by atoms with Crippen LogP contribution >= 0.6 is 0 Å². The second-order valence-electron chi connectivity index (χ2n) is 5.85. The Morgan fingerprint density at radius 1 is 1.38 bits per heavy atom. The summed E-state index contributed by atoms with van der Waals surface area (Å²) in [5.74, 6) is -0.282. The Balaban J connectivity index is 1.82. The number of halogens is 3. The van der Waals surface area contributed by atoms with Crippen molar-refractivity contribution in [3.8, 4) is 0 Å². The number of nitrogens with zero attached hydrogens (tertiary/aromatic N) is 2. The lowest BCUT2D eigenvalue weighted by atomic mass is 10.2. The van der Waals surface area contributed by atoms with Crippen molar-refractivity contribution >= 4 is 11.8 Å². The number of amides is 2. The van der Waals surface area contributed by atoms with E-state index in [-0.39, 0.29) is 32.1 Å². The van der Waals surface area contributed by atoms with E-state index < -0.39 is 24.7 Å². The molecule has 1 aliphatic rings. The highest BCUT2D eigenvalue weighted by Crippen LogP contribution is 2.20. The normalized spacial score (nSPS) is 19.4.